The van der Waals surface area contributed by atoms with Crippen LogP contribution in [0.4, 0.5) is 0 Å². The molecule has 0 radical (unpaired) electrons. The van der Waals surface area contributed by atoms with Crippen LogP contribution in [0.25, 0.3) is 0 Å². The molecule has 1 N–H and O–H groups in total. The van der Waals surface area contributed by atoms with Crippen molar-refractivity contribution in [2.24, 2.45) is 11.8 Å². The average Bonchev–Trinajstić information content (AvgIpc) is 2.19. The fourth-order valence-electron chi connectivity index (χ4n) is 2.38. The van der Waals surface area contributed by atoms with Gasteiger partial charge in [-0.05, 0) is 38.5 Å². The summed E-state index contributed by atoms with van der Waals surface area (Å²) in [6.07, 6.45) is 7.25. The summed E-state index contributed by atoms with van der Waals surface area (Å²) in [5.74, 6) is 1.69. The van der Waals surface area contributed by atoms with E-state index in [-0.39, 0.29) is 0 Å². The quantitative estimate of drug-likeness (QED) is 0.726. The molecule has 1 saturated carbocycles. The molecule has 0 aliphatic heterocycles. The second kappa shape index (κ2) is 5.75. The van der Waals surface area contributed by atoms with Gasteiger partial charge in [0.1, 0.15) is 0 Å². The van der Waals surface area contributed by atoms with Crippen LogP contribution in [-0.2, 0) is 0 Å². The molecule has 1 nitrogen and oxygen atoms in total. The second-order valence-corrected chi connectivity index (χ2v) is 5.39. The van der Waals surface area contributed by atoms with Crippen molar-refractivity contribution in [3.8, 4) is 0 Å². The number of hydrogen-bond acceptors (Lipinski definition) is 1. The summed E-state index contributed by atoms with van der Waals surface area (Å²) >= 11 is 0. The zero-order chi connectivity index (χ0) is 10.6. The van der Waals surface area contributed by atoms with Gasteiger partial charge in [0.2, 0.25) is 0 Å². The second-order valence-electron chi connectivity index (χ2n) is 5.39. The van der Waals surface area contributed by atoms with Crippen molar-refractivity contribution in [3.05, 3.63) is 0 Å². The zero-order valence-corrected chi connectivity index (χ0v) is 10.3. The van der Waals surface area contributed by atoms with E-state index in [1.54, 1.807) is 0 Å². The molecule has 84 valence electrons. The first-order valence-corrected chi connectivity index (χ1v) is 6.37. The predicted molar refractivity (Wildman–Crippen MR) is 63.5 cm³/mol. The molecule has 1 rings (SSSR count). The molecular weight excluding hydrogens is 170 g/mol. The Balaban J connectivity index is 2.28. The van der Waals surface area contributed by atoms with Crippen LogP contribution in [-0.4, -0.2) is 12.1 Å². The molecule has 0 saturated heterocycles. The van der Waals surface area contributed by atoms with E-state index in [0.29, 0.717) is 12.1 Å². The van der Waals surface area contributed by atoms with Gasteiger partial charge >= 0.3 is 0 Å². The largest absolute Gasteiger partial charge is 0.311 e. The lowest BCUT2D eigenvalue weighted by atomic mass is 9.84. The number of rotatable bonds is 4. The Labute approximate surface area is 89.7 Å². The summed E-state index contributed by atoms with van der Waals surface area (Å²) < 4.78 is 0. The minimum Gasteiger partial charge on any atom is -0.311 e. The van der Waals surface area contributed by atoms with Crippen molar-refractivity contribution < 1.29 is 0 Å². The van der Waals surface area contributed by atoms with Crippen LogP contribution < -0.4 is 5.32 Å². The maximum atomic E-state index is 3.75. The molecule has 0 aromatic rings. The van der Waals surface area contributed by atoms with E-state index in [2.05, 4.69) is 33.0 Å². The van der Waals surface area contributed by atoms with Crippen molar-refractivity contribution in [2.75, 3.05) is 0 Å². The summed E-state index contributed by atoms with van der Waals surface area (Å²) in [7, 11) is 0. The van der Waals surface area contributed by atoms with Gasteiger partial charge in [0.15, 0.2) is 0 Å². The third-order valence-electron chi connectivity index (χ3n) is 3.88. The number of nitrogens with one attached hydrogen (secondary N) is 1. The van der Waals surface area contributed by atoms with E-state index in [4.69, 9.17) is 0 Å². The fraction of sp³-hybridized carbons (Fsp3) is 1.00. The lowest BCUT2D eigenvalue weighted by Gasteiger charge is -2.31. The van der Waals surface area contributed by atoms with Gasteiger partial charge in [0.25, 0.3) is 0 Å². The molecule has 0 spiro atoms. The van der Waals surface area contributed by atoms with E-state index in [1.165, 1.54) is 32.1 Å². The third-order valence-corrected chi connectivity index (χ3v) is 3.88. The summed E-state index contributed by atoms with van der Waals surface area (Å²) in [6, 6.07) is 1.37. The smallest absolute Gasteiger partial charge is 0.00695 e. The molecule has 0 aromatic heterocycles. The molecule has 14 heavy (non-hydrogen) atoms. The molecule has 1 heteroatoms. The maximum absolute atomic E-state index is 3.75. The molecule has 0 amide bonds. The third kappa shape index (κ3) is 3.61. The van der Waals surface area contributed by atoms with Crippen LogP contribution in [0.15, 0.2) is 0 Å². The van der Waals surface area contributed by atoms with Crippen molar-refractivity contribution in [1.82, 2.24) is 5.32 Å². The van der Waals surface area contributed by atoms with Crippen molar-refractivity contribution in [2.45, 2.75) is 71.9 Å². The Bertz CT molecular complexity index is 147. The summed E-state index contributed by atoms with van der Waals surface area (Å²) in [5, 5.41) is 3.75. The lowest BCUT2D eigenvalue weighted by molar-refractivity contribution is 0.252. The number of hydrogen-bond donors (Lipinski definition) is 1. The van der Waals surface area contributed by atoms with Crippen LogP contribution in [0, 0.1) is 11.8 Å². The summed E-state index contributed by atoms with van der Waals surface area (Å²) in [5.41, 5.74) is 0. The van der Waals surface area contributed by atoms with Crippen LogP contribution in [0.3, 0.4) is 0 Å². The lowest BCUT2D eigenvalue weighted by Crippen LogP contribution is -2.42. The average molecular weight is 197 g/mol. The molecule has 1 fully saturated rings. The van der Waals surface area contributed by atoms with Gasteiger partial charge in [-0.1, -0.05) is 33.1 Å². The van der Waals surface area contributed by atoms with E-state index in [9.17, 15) is 0 Å². The van der Waals surface area contributed by atoms with E-state index < -0.39 is 0 Å². The normalized spacial score (nSPS) is 23.8. The molecule has 0 bridgehead atoms. The molecule has 0 aromatic carbocycles. The fourth-order valence-corrected chi connectivity index (χ4v) is 2.38. The Kier molecular flexibility index (Phi) is 4.94. The molecule has 0 heterocycles. The van der Waals surface area contributed by atoms with E-state index in [0.717, 1.165) is 11.8 Å². The Morgan fingerprint density at radius 3 is 2.00 bits per heavy atom. The van der Waals surface area contributed by atoms with Crippen LogP contribution in [0.2, 0.25) is 0 Å². The van der Waals surface area contributed by atoms with E-state index >= 15 is 0 Å². The maximum Gasteiger partial charge on any atom is 0.00695 e. The molecule has 2 atom stereocenters. The van der Waals surface area contributed by atoms with Gasteiger partial charge in [-0.25, -0.2) is 0 Å². The van der Waals surface area contributed by atoms with E-state index in [1.807, 2.05) is 0 Å². The first-order chi connectivity index (χ1) is 6.61. The first-order valence-electron chi connectivity index (χ1n) is 6.37. The van der Waals surface area contributed by atoms with Gasteiger partial charge in [0, 0.05) is 12.1 Å². The van der Waals surface area contributed by atoms with Crippen molar-refractivity contribution in [1.29, 1.82) is 0 Å². The van der Waals surface area contributed by atoms with Gasteiger partial charge in [-0.2, -0.15) is 0 Å². The summed E-state index contributed by atoms with van der Waals surface area (Å²) in [4.78, 5) is 0. The standard InChI is InChI=1S/C13H27N/c1-10(2)11(3)14-12(4)13-8-6-5-7-9-13/h10-14H,5-9H2,1-4H3/t11?,12-/m0/s1. The van der Waals surface area contributed by atoms with Gasteiger partial charge in [-0.3, -0.25) is 0 Å². The summed E-state index contributed by atoms with van der Waals surface area (Å²) in [6.45, 7) is 9.27. The highest BCUT2D eigenvalue weighted by atomic mass is 14.9. The van der Waals surface area contributed by atoms with Gasteiger partial charge in [0.05, 0.1) is 0 Å². The molecule has 1 unspecified atom stereocenters. The SMILES string of the molecule is CC(C)C(C)N[C@@H](C)C1CCCCC1. The highest BCUT2D eigenvalue weighted by Gasteiger charge is 2.21. The van der Waals surface area contributed by atoms with Gasteiger partial charge < -0.3 is 5.32 Å². The topological polar surface area (TPSA) is 12.0 Å². The Hall–Kier alpha value is -0.0400. The minimum absolute atomic E-state index is 0.659. The predicted octanol–water partition coefficient (Wildman–Crippen LogP) is 3.59. The van der Waals surface area contributed by atoms with Gasteiger partial charge in [-0.15, -0.1) is 0 Å². The van der Waals surface area contributed by atoms with Crippen molar-refractivity contribution >= 4 is 0 Å². The molecular formula is C13H27N. The zero-order valence-electron chi connectivity index (χ0n) is 10.3. The first kappa shape index (κ1) is 12.0. The minimum atomic E-state index is 0.659. The highest BCUT2D eigenvalue weighted by molar-refractivity contribution is 4.78. The Morgan fingerprint density at radius 2 is 1.50 bits per heavy atom. The monoisotopic (exact) mass is 197 g/mol. The van der Waals surface area contributed by atoms with Crippen molar-refractivity contribution in [3.63, 3.8) is 0 Å². The molecule has 1 aliphatic rings. The van der Waals surface area contributed by atoms with Crippen LogP contribution in [0.5, 0.6) is 0 Å². The molecule has 1 aliphatic carbocycles. The van der Waals surface area contributed by atoms with Crippen LogP contribution >= 0.6 is 0 Å². The van der Waals surface area contributed by atoms with Crippen LogP contribution in [0.1, 0.15) is 59.8 Å². The Morgan fingerprint density at radius 1 is 0.929 bits per heavy atom. The highest BCUT2D eigenvalue weighted by Crippen LogP contribution is 2.26.